The van der Waals surface area contributed by atoms with E-state index in [-0.39, 0.29) is 68.9 Å². The fourth-order valence-corrected chi connectivity index (χ4v) is 12.2. The van der Waals surface area contributed by atoms with E-state index in [1.54, 1.807) is 0 Å². The lowest BCUT2D eigenvalue weighted by Gasteiger charge is -2.47. The van der Waals surface area contributed by atoms with Gasteiger partial charge in [0.25, 0.3) is 6.71 Å². The van der Waals surface area contributed by atoms with Crippen molar-refractivity contribution < 1.29 is 11.3 Å². The molecular formula is C63H71BN2O. The van der Waals surface area contributed by atoms with E-state index in [4.69, 9.17) is 8.53 Å². The van der Waals surface area contributed by atoms with Gasteiger partial charge in [0.15, 0.2) is 0 Å². The molecule has 342 valence electrons. The first-order valence-electron chi connectivity index (χ1n) is 27.3. The van der Waals surface area contributed by atoms with Crippen molar-refractivity contribution in [1.29, 1.82) is 0 Å². The number of benzene rings is 6. The van der Waals surface area contributed by atoms with Gasteiger partial charge >= 0.3 is 0 Å². The third-order valence-corrected chi connectivity index (χ3v) is 16.6. The fourth-order valence-electron chi connectivity index (χ4n) is 12.2. The molecule has 4 heteroatoms. The number of aryl methyl sites for hydroxylation is 1. The highest BCUT2D eigenvalue weighted by atomic mass is 16.4. The molecule has 2 aliphatic heterocycles. The molecule has 67 heavy (non-hydrogen) atoms. The van der Waals surface area contributed by atoms with E-state index in [1.807, 2.05) is 6.07 Å². The summed E-state index contributed by atoms with van der Waals surface area (Å²) < 4.78 is 52.7. The van der Waals surface area contributed by atoms with Crippen LogP contribution in [0.25, 0.3) is 22.1 Å². The van der Waals surface area contributed by atoms with Gasteiger partial charge in [-0.05, 0) is 175 Å². The van der Waals surface area contributed by atoms with Gasteiger partial charge in [0.1, 0.15) is 5.58 Å². The molecule has 1 aromatic heterocycles. The molecule has 3 nitrogen and oxygen atoms in total. The van der Waals surface area contributed by atoms with E-state index in [2.05, 4.69) is 186 Å². The SMILES string of the molecule is [2H]c1c([2H])c([2H])c(-c2cc(C(C)(C)C)ccc2N2c3cc(C)cc4c3B(c3cc5c(cc3N4c3ccc4c(c3)C(C)(C)CCC4(C)C)C(C)(C)CCC5(C)C)c3c2oc2ccc(C(C)(C)C)cc32)c([2H])c1[2H]. The maximum absolute atomic E-state index is 9.45. The van der Waals surface area contributed by atoms with Crippen molar-refractivity contribution in [1.82, 2.24) is 0 Å². The van der Waals surface area contributed by atoms with E-state index in [9.17, 15) is 2.74 Å². The van der Waals surface area contributed by atoms with Crippen LogP contribution in [0.5, 0.6) is 0 Å². The van der Waals surface area contributed by atoms with Gasteiger partial charge in [-0.25, -0.2) is 0 Å². The molecule has 4 aliphatic rings. The number of hydrogen-bond acceptors (Lipinski definition) is 3. The zero-order valence-corrected chi connectivity index (χ0v) is 42.7. The number of nitrogens with zero attached hydrogens (tertiary/aromatic N) is 2. The largest absolute Gasteiger partial charge is 0.440 e. The zero-order chi connectivity index (χ0) is 51.9. The molecule has 0 atom stereocenters. The normalized spacial score (nSPS) is 19.6. The Morgan fingerprint density at radius 1 is 0.537 bits per heavy atom. The Kier molecular flexibility index (Phi) is 8.21. The molecule has 0 amide bonds. The molecule has 7 aromatic rings. The van der Waals surface area contributed by atoms with E-state index in [0.29, 0.717) is 17.1 Å². The summed E-state index contributed by atoms with van der Waals surface area (Å²) in [5, 5.41) is 1.05. The predicted molar refractivity (Wildman–Crippen MR) is 288 cm³/mol. The van der Waals surface area contributed by atoms with Crippen LogP contribution in [-0.4, -0.2) is 6.71 Å². The van der Waals surface area contributed by atoms with Gasteiger partial charge in [0.2, 0.25) is 5.88 Å². The molecule has 0 saturated carbocycles. The third-order valence-electron chi connectivity index (χ3n) is 16.6. The van der Waals surface area contributed by atoms with Crippen molar-refractivity contribution >= 4 is 68.4 Å². The Morgan fingerprint density at radius 2 is 1.09 bits per heavy atom. The average molecular weight is 888 g/mol. The highest BCUT2D eigenvalue weighted by Crippen LogP contribution is 2.54. The summed E-state index contributed by atoms with van der Waals surface area (Å²) >= 11 is 0. The molecule has 6 aromatic carbocycles. The topological polar surface area (TPSA) is 19.6 Å². The minimum atomic E-state index is -0.410. The molecule has 0 spiro atoms. The monoisotopic (exact) mass is 888 g/mol. The van der Waals surface area contributed by atoms with Crippen LogP contribution >= 0.6 is 0 Å². The van der Waals surface area contributed by atoms with Gasteiger partial charge < -0.3 is 9.32 Å². The maximum atomic E-state index is 9.45. The van der Waals surface area contributed by atoms with E-state index >= 15 is 0 Å². The smallest absolute Gasteiger partial charge is 0.257 e. The van der Waals surface area contributed by atoms with Crippen molar-refractivity contribution in [3.63, 3.8) is 0 Å². The summed E-state index contributed by atoms with van der Waals surface area (Å²) in [5.74, 6) is 0.678. The summed E-state index contributed by atoms with van der Waals surface area (Å²) in [5.41, 5.74) is 18.4. The molecule has 2 aliphatic carbocycles. The lowest BCUT2D eigenvalue weighted by Crippen LogP contribution is -2.61. The van der Waals surface area contributed by atoms with Crippen molar-refractivity contribution in [3.05, 3.63) is 148 Å². The molecule has 0 radical (unpaired) electrons. The standard InChI is InChI=1S/C63H71BN2O/c1-38-31-52-56-53(32-38)66(50-25-21-40(58(2,3)4)33-43(50)39-19-17-16-18-20-39)57-55(44-34-41(59(5,6)7)22-26-54(44)67-57)64(56)49-36-47-48(63(14,15)30-29-62(47,12)13)37-51(49)65(52)42-23-24-45-46(35-42)61(10,11)28-27-60(45,8)9/h16-26,31-37H,27-30H2,1-15H3/i16D,17D,18D,19D,20D. The van der Waals surface area contributed by atoms with Crippen molar-refractivity contribution in [2.24, 2.45) is 0 Å². The second kappa shape index (κ2) is 14.3. The van der Waals surface area contributed by atoms with Crippen LogP contribution in [0.15, 0.2) is 113 Å². The molecule has 3 heterocycles. The maximum Gasteiger partial charge on any atom is 0.257 e. The first kappa shape index (κ1) is 38.5. The molecule has 0 fully saturated rings. The van der Waals surface area contributed by atoms with Gasteiger partial charge in [-0.15, -0.1) is 0 Å². The van der Waals surface area contributed by atoms with Crippen LogP contribution in [0.1, 0.15) is 168 Å². The summed E-state index contributed by atoms with van der Waals surface area (Å²) in [6.07, 6.45) is 4.43. The summed E-state index contributed by atoms with van der Waals surface area (Å²) in [6.45, 7) is 34.5. The van der Waals surface area contributed by atoms with E-state index in [0.717, 1.165) is 75.8 Å². The number of rotatable bonds is 3. The van der Waals surface area contributed by atoms with E-state index < -0.39 is 6.04 Å². The van der Waals surface area contributed by atoms with Crippen LogP contribution < -0.4 is 26.2 Å². The Labute approximate surface area is 409 Å². The van der Waals surface area contributed by atoms with Crippen molar-refractivity contribution in [3.8, 4) is 11.1 Å². The van der Waals surface area contributed by atoms with Crippen LogP contribution in [-0.2, 0) is 32.5 Å². The molecular weight excluding hydrogens is 812 g/mol. The van der Waals surface area contributed by atoms with Crippen LogP contribution in [0.2, 0.25) is 0 Å². The lowest BCUT2D eigenvalue weighted by atomic mass is 9.33. The van der Waals surface area contributed by atoms with Gasteiger partial charge in [0.05, 0.1) is 12.5 Å². The second-order valence-electron chi connectivity index (χ2n) is 25.3. The zero-order valence-electron chi connectivity index (χ0n) is 47.7. The van der Waals surface area contributed by atoms with Crippen LogP contribution in [0.3, 0.4) is 0 Å². The highest BCUT2D eigenvalue weighted by Gasteiger charge is 2.49. The summed E-state index contributed by atoms with van der Waals surface area (Å²) in [4.78, 5) is 4.79. The minimum absolute atomic E-state index is 0.0128. The highest BCUT2D eigenvalue weighted by molar-refractivity contribution is 7.01. The van der Waals surface area contributed by atoms with Gasteiger partial charge in [-0.1, -0.05) is 151 Å². The second-order valence-corrected chi connectivity index (χ2v) is 25.3. The Morgan fingerprint density at radius 3 is 1.72 bits per heavy atom. The summed E-state index contributed by atoms with van der Waals surface area (Å²) in [6, 6.07) is 28.4. The predicted octanol–water partition coefficient (Wildman–Crippen LogP) is 15.8. The number of fused-ring (bicyclic) bond motifs is 8. The molecule has 11 rings (SSSR count). The minimum Gasteiger partial charge on any atom is -0.440 e. The third kappa shape index (κ3) is 6.73. The first-order chi connectivity index (χ1) is 33.4. The number of hydrogen-bond donors (Lipinski definition) is 0. The molecule has 0 unspecified atom stereocenters. The fraction of sp³-hybridized carbons (Fsp3) is 0.397. The molecule has 0 saturated heterocycles. The first-order valence-corrected chi connectivity index (χ1v) is 24.8. The Hall–Kier alpha value is -5.48. The average Bonchev–Trinajstić information content (AvgIpc) is 3.68. The van der Waals surface area contributed by atoms with Gasteiger partial charge in [-0.3, -0.25) is 4.90 Å². The van der Waals surface area contributed by atoms with Gasteiger partial charge in [0, 0.05) is 39.2 Å². The lowest BCUT2D eigenvalue weighted by molar-refractivity contribution is 0.332. The molecule has 0 N–H and O–H groups in total. The van der Waals surface area contributed by atoms with Crippen molar-refractivity contribution in [2.75, 3.05) is 9.80 Å². The van der Waals surface area contributed by atoms with Crippen molar-refractivity contribution in [2.45, 2.75) is 162 Å². The number of anilines is 6. The summed E-state index contributed by atoms with van der Waals surface area (Å²) in [7, 11) is 0. The molecule has 0 bridgehead atoms. The van der Waals surface area contributed by atoms with Gasteiger partial charge in [-0.2, -0.15) is 0 Å². The number of furan rings is 1. The van der Waals surface area contributed by atoms with Crippen LogP contribution in [0, 0.1) is 6.92 Å². The Balaban J connectivity index is 1.31. The quantitative estimate of drug-likeness (QED) is 0.165. The van der Waals surface area contributed by atoms with E-state index in [1.165, 1.54) is 39.0 Å². The Bertz CT molecular complexity index is 3460. The van der Waals surface area contributed by atoms with Crippen LogP contribution in [0.4, 0.5) is 34.3 Å².